The number of carbonyl (C=O) groups excluding carboxylic acids is 2. The summed E-state index contributed by atoms with van der Waals surface area (Å²) in [6.45, 7) is 16.1. The number of hydrogen-bond acceptors (Lipinski definition) is 4. The third kappa shape index (κ3) is 3.53. The van der Waals surface area contributed by atoms with Gasteiger partial charge in [-0.3, -0.25) is 9.78 Å². The van der Waals surface area contributed by atoms with E-state index in [1.165, 1.54) is 0 Å². The maximum Gasteiger partial charge on any atom is 0.340 e. The lowest BCUT2D eigenvalue weighted by atomic mass is 9.70. The van der Waals surface area contributed by atoms with E-state index in [1.54, 1.807) is 6.92 Å². The third-order valence-electron chi connectivity index (χ3n) is 5.09. The average molecular weight is 343 g/mol. The van der Waals surface area contributed by atoms with Crippen molar-refractivity contribution >= 4 is 17.3 Å². The Morgan fingerprint density at radius 3 is 2.44 bits per heavy atom. The van der Waals surface area contributed by atoms with Gasteiger partial charge in [-0.15, -0.1) is 0 Å². The predicted molar refractivity (Wildman–Crippen MR) is 100 cm³/mol. The first-order valence-electron chi connectivity index (χ1n) is 9.08. The number of allylic oxidation sites excluding steroid dienone is 1. The molecule has 4 heteroatoms. The largest absolute Gasteiger partial charge is 0.462 e. The van der Waals surface area contributed by atoms with Crippen LogP contribution in [0.4, 0.5) is 0 Å². The third-order valence-corrected chi connectivity index (χ3v) is 5.09. The quantitative estimate of drug-likeness (QED) is 0.709. The Hall–Kier alpha value is -1.97. The lowest BCUT2D eigenvalue weighted by molar-refractivity contribution is 0.0523. The number of aromatic nitrogens is 1. The second kappa shape index (κ2) is 7.11. The zero-order chi connectivity index (χ0) is 18.9. The van der Waals surface area contributed by atoms with Gasteiger partial charge in [0.05, 0.1) is 23.6 Å². The van der Waals surface area contributed by atoms with Crippen LogP contribution in [0.15, 0.2) is 6.58 Å². The molecule has 0 spiro atoms. The van der Waals surface area contributed by atoms with Gasteiger partial charge in [0.25, 0.3) is 0 Å². The van der Waals surface area contributed by atoms with Crippen LogP contribution in [0.3, 0.4) is 0 Å². The second-order valence-corrected chi connectivity index (χ2v) is 7.67. The molecule has 0 saturated heterocycles. The van der Waals surface area contributed by atoms with Crippen LogP contribution in [0.5, 0.6) is 0 Å². The van der Waals surface area contributed by atoms with Crippen molar-refractivity contribution < 1.29 is 14.3 Å². The smallest absolute Gasteiger partial charge is 0.340 e. The Morgan fingerprint density at radius 1 is 1.32 bits per heavy atom. The zero-order valence-electron chi connectivity index (χ0n) is 16.3. The number of fused-ring (bicyclic) bond motifs is 1. The highest BCUT2D eigenvalue weighted by Gasteiger charge is 2.39. The molecule has 1 aliphatic rings. The Morgan fingerprint density at radius 2 is 1.96 bits per heavy atom. The maximum atomic E-state index is 13.0. The number of ketones is 1. The van der Waals surface area contributed by atoms with Crippen molar-refractivity contribution in [1.29, 1.82) is 0 Å². The molecule has 1 aliphatic carbocycles. The number of rotatable bonds is 5. The number of nitrogens with zero attached hydrogens (tertiary/aromatic N) is 1. The minimum absolute atomic E-state index is 0.0178. The van der Waals surface area contributed by atoms with Crippen LogP contribution in [-0.4, -0.2) is 23.3 Å². The van der Waals surface area contributed by atoms with Gasteiger partial charge in [0, 0.05) is 12.0 Å². The monoisotopic (exact) mass is 343 g/mol. The predicted octanol–water partition coefficient (Wildman–Crippen LogP) is 4.96. The van der Waals surface area contributed by atoms with Gasteiger partial charge in [-0.05, 0) is 49.2 Å². The van der Waals surface area contributed by atoms with Gasteiger partial charge in [0.15, 0.2) is 5.78 Å². The van der Waals surface area contributed by atoms with Crippen LogP contribution in [0.25, 0.3) is 5.57 Å². The van der Waals surface area contributed by atoms with Gasteiger partial charge >= 0.3 is 5.97 Å². The van der Waals surface area contributed by atoms with Gasteiger partial charge in [-0.2, -0.15) is 0 Å². The van der Waals surface area contributed by atoms with E-state index in [0.717, 1.165) is 24.1 Å². The van der Waals surface area contributed by atoms with Gasteiger partial charge in [-0.1, -0.05) is 34.3 Å². The molecule has 1 unspecified atom stereocenters. The molecule has 1 atom stereocenters. The molecule has 0 aliphatic heterocycles. The first kappa shape index (κ1) is 19.4. The number of carbonyl (C=O) groups is 2. The van der Waals surface area contributed by atoms with Gasteiger partial charge in [0.1, 0.15) is 0 Å². The lowest BCUT2D eigenvalue weighted by Gasteiger charge is -2.35. The first-order valence-corrected chi connectivity index (χ1v) is 9.08. The van der Waals surface area contributed by atoms with Gasteiger partial charge < -0.3 is 4.74 Å². The summed E-state index contributed by atoms with van der Waals surface area (Å²) in [5.41, 5.74) is 3.81. The van der Waals surface area contributed by atoms with E-state index < -0.39 is 5.97 Å². The molecular weight excluding hydrogens is 314 g/mol. The zero-order valence-corrected chi connectivity index (χ0v) is 16.3. The Bertz CT molecular complexity index is 733. The number of Topliss-reactive ketones (excluding diaryl/α,β-unsaturated/α-hetero) is 1. The highest BCUT2D eigenvalue weighted by atomic mass is 16.5. The normalized spacial score (nSPS) is 19.7. The van der Waals surface area contributed by atoms with Gasteiger partial charge in [-0.25, -0.2) is 4.79 Å². The molecule has 0 radical (unpaired) electrons. The van der Waals surface area contributed by atoms with Crippen molar-refractivity contribution in [2.75, 3.05) is 6.61 Å². The van der Waals surface area contributed by atoms with E-state index in [4.69, 9.17) is 9.72 Å². The topological polar surface area (TPSA) is 56.3 Å². The fourth-order valence-electron chi connectivity index (χ4n) is 3.58. The van der Waals surface area contributed by atoms with Crippen LogP contribution >= 0.6 is 0 Å². The van der Waals surface area contributed by atoms with E-state index in [9.17, 15) is 9.59 Å². The highest BCUT2D eigenvalue weighted by Crippen LogP contribution is 2.41. The van der Waals surface area contributed by atoms with E-state index in [0.29, 0.717) is 28.8 Å². The molecule has 0 amide bonds. The molecule has 1 aromatic rings. The lowest BCUT2D eigenvalue weighted by Crippen LogP contribution is -2.33. The van der Waals surface area contributed by atoms with E-state index in [1.807, 2.05) is 20.8 Å². The Labute approximate surface area is 150 Å². The summed E-state index contributed by atoms with van der Waals surface area (Å²) >= 11 is 0. The number of pyridine rings is 1. The van der Waals surface area contributed by atoms with Crippen LogP contribution in [0, 0.1) is 5.41 Å². The van der Waals surface area contributed by atoms with Crippen LogP contribution in [0.1, 0.15) is 98.0 Å². The molecule has 0 fully saturated rings. The molecular formula is C21H29NO3. The van der Waals surface area contributed by atoms with Crippen molar-refractivity contribution in [3.05, 3.63) is 34.7 Å². The van der Waals surface area contributed by atoms with Crippen molar-refractivity contribution in [3.8, 4) is 0 Å². The minimum Gasteiger partial charge on any atom is -0.462 e. The minimum atomic E-state index is -0.420. The van der Waals surface area contributed by atoms with E-state index >= 15 is 0 Å². The van der Waals surface area contributed by atoms with Crippen molar-refractivity contribution in [2.45, 2.75) is 66.7 Å². The molecule has 0 aromatic carbocycles. The van der Waals surface area contributed by atoms with Gasteiger partial charge in [0.2, 0.25) is 0 Å². The number of ether oxygens (including phenoxy) is 1. The van der Waals surface area contributed by atoms with Crippen molar-refractivity contribution in [1.82, 2.24) is 4.98 Å². The standard InChI is InChI=1S/C21H29NO3/c1-8-21(7)10-14-17(15(23)11-21)16(12(3)4)18(20(24)25-9-2)19(22-14)13(5)6/h12H,5,8-11H2,1-4,6-7H3. The van der Waals surface area contributed by atoms with Crippen LogP contribution in [0.2, 0.25) is 0 Å². The van der Waals surface area contributed by atoms with Crippen LogP contribution in [-0.2, 0) is 11.2 Å². The Balaban J connectivity index is 2.83. The van der Waals surface area contributed by atoms with Crippen molar-refractivity contribution in [3.63, 3.8) is 0 Å². The van der Waals surface area contributed by atoms with E-state index in [2.05, 4.69) is 20.4 Å². The molecule has 0 saturated carbocycles. The molecule has 2 rings (SSSR count). The highest BCUT2D eigenvalue weighted by molar-refractivity contribution is 6.05. The first-order chi connectivity index (χ1) is 11.6. The fraction of sp³-hybridized carbons (Fsp3) is 0.571. The summed E-state index contributed by atoms with van der Waals surface area (Å²) in [6.07, 6.45) is 2.15. The SMILES string of the molecule is C=C(C)c1nc2c(c(C(C)C)c1C(=O)OCC)C(=O)CC(C)(CC)C2. The second-order valence-electron chi connectivity index (χ2n) is 7.67. The maximum absolute atomic E-state index is 13.0. The Kier molecular flexibility index (Phi) is 5.50. The number of esters is 1. The molecule has 136 valence electrons. The fourth-order valence-corrected chi connectivity index (χ4v) is 3.58. The van der Waals surface area contributed by atoms with E-state index in [-0.39, 0.29) is 23.7 Å². The van der Waals surface area contributed by atoms with Crippen LogP contribution < -0.4 is 0 Å². The van der Waals surface area contributed by atoms with Crippen molar-refractivity contribution in [2.24, 2.45) is 5.41 Å². The summed E-state index contributed by atoms with van der Waals surface area (Å²) in [5.74, 6) is -0.319. The summed E-state index contributed by atoms with van der Waals surface area (Å²) in [5, 5.41) is 0. The molecule has 0 N–H and O–H groups in total. The molecule has 0 bridgehead atoms. The average Bonchev–Trinajstić information content (AvgIpc) is 2.52. The summed E-state index contributed by atoms with van der Waals surface area (Å²) in [7, 11) is 0. The molecule has 1 heterocycles. The summed E-state index contributed by atoms with van der Waals surface area (Å²) in [4.78, 5) is 30.4. The molecule has 25 heavy (non-hydrogen) atoms. The number of hydrogen-bond donors (Lipinski definition) is 0. The summed E-state index contributed by atoms with van der Waals surface area (Å²) in [6, 6.07) is 0. The summed E-state index contributed by atoms with van der Waals surface area (Å²) < 4.78 is 5.27. The molecule has 4 nitrogen and oxygen atoms in total. The molecule has 1 aromatic heterocycles.